The Morgan fingerprint density at radius 3 is 2.41 bits per heavy atom. The van der Waals surface area contributed by atoms with Crippen LogP contribution in [0.15, 0.2) is 85.0 Å². The van der Waals surface area contributed by atoms with Crippen LogP contribution in [0.25, 0.3) is 6.08 Å². The van der Waals surface area contributed by atoms with Crippen molar-refractivity contribution < 1.29 is 14.3 Å². The lowest BCUT2D eigenvalue weighted by atomic mass is 10.0. The molecule has 1 amide bonds. The van der Waals surface area contributed by atoms with Crippen LogP contribution in [0.3, 0.4) is 0 Å². The number of benzene rings is 3. The lowest BCUT2D eigenvalue weighted by Gasteiger charge is -2.36. The fourth-order valence-electron chi connectivity index (χ4n) is 4.52. The van der Waals surface area contributed by atoms with Gasteiger partial charge in [0.2, 0.25) is 0 Å². The Balaban J connectivity index is 1.54. The Kier molecular flexibility index (Phi) is 10.0. The van der Waals surface area contributed by atoms with Crippen molar-refractivity contribution >= 4 is 40.3 Å². The van der Waals surface area contributed by atoms with Crippen molar-refractivity contribution in [2.24, 2.45) is 0 Å². The summed E-state index contributed by atoms with van der Waals surface area (Å²) in [6.45, 7) is 9.22. The molecule has 0 atom stereocenters. The summed E-state index contributed by atoms with van der Waals surface area (Å²) < 4.78 is 13.3. The average Bonchev–Trinajstić information content (AvgIpc) is 2.97. The van der Waals surface area contributed by atoms with Crippen LogP contribution >= 0.6 is 22.6 Å². The van der Waals surface area contributed by atoms with Crippen molar-refractivity contribution in [3.8, 4) is 17.6 Å². The highest BCUT2D eigenvalue weighted by molar-refractivity contribution is 14.1. The summed E-state index contributed by atoms with van der Waals surface area (Å²) in [4.78, 5) is 17.3. The van der Waals surface area contributed by atoms with Gasteiger partial charge in [0, 0.05) is 41.0 Å². The number of para-hydroxylation sites is 1. The number of anilines is 1. The van der Waals surface area contributed by atoms with E-state index >= 15 is 0 Å². The Hall–Kier alpha value is -3.77. The van der Waals surface area contributed by atoms with Gasteiger partial charge in [0.15, 0.2) is 11.5 Å². The molecule has 39 heavy (non-hydrogen) atoms. The molecule has 1 fully saturated rings. The maximum absolute atomic E-state index is 13.3. The number of carbonyl (C=O) groups is 1. The van der Waals surface area contributed by atoms with Crippen molar-refractivity contribution in [2.75, 3.05) is 37.7 Å². The average molecular weight is 634 g/mol. The summed E-state index contributed by atoms with van der Waals surface area (Å²) in [7, 11) is 0. The normalized spacial score (nSPS) is 13.5. The molecule has 0 unspecified atom stereocenters. The van der Waals surface area contributed by atoms with E-state index in [9.17, 15) is 10.1 Å². The van der Waals surface area contributed by atoms with Gasteiger partial charge in [-0.15, -0.1) is 6.58 Å². The summed E-state index contributed by atoms with van der Waals surface area (Å²) in [6, 6.07) is 24.2. The van der Waals surface area contributed by atoms with Gasteiger partial charge < -0.3 is 19.3 Å². The zero-order chi connectivity index (χ0) is 27.6. The molecule has 1 aliphatic heterocycles. The molecule has 4 rings (SSSR count). The van der Waals surface area contributed by atoms with Crippen molar-refractivity contribution in [1.29, 1.82) is 5.26 Å². The second kappa shape index (κ2) is 13.9. The molecule has 0 aromatic heterocycles. The molecule has 0 bridgehead atoms. The summed E-state index contributed by atoms with van der Waals surface area (Å²) in [5.41, 5.74) is 3.89. The molecule has 6 nitrogen and oxygen atoms in total. The monoisotopic (exact) mass is 633 g/mol. The molecule has 3 aromatic carbocycles. The molecule has 200 valence electrons. The highest BCUT2D eigenvalue weighted by Crippen LogP contribution is 2.35. The molecule has 1 saturated heterocycles. The van der Waals surface area contributed by atoms with Gasteiger partial charge in [-0.1, -0.05) is 36.4 Å². The van der Waals surface area contributed by atoms with Crippen LogP contribution in [0.2, 0.25) is 0 Å². The molecule has 0 radical (unpaired) electrons. The predicted molar refractivity (Wildman–Crippen MR) is 164 cm³/mol. The van der Waals surface area contributed by atoms with Crippen molar-refractivity contribution in [1.82, 2.24) is 4.90 Å². The number of allylic oxidation sites excluding steroid dienone is 1. The SMILES string of the molecule is C=CCc1cc(/C=C(/C#N)C(=O)N2CCN(c3ccccc3)CC2)cc(OCC)c1OCc1ccc(I)cc1. The van der Waals surface area contributed by atoms with Crippen molar-refractivity contribution in [2.45, 2.75) is 20.0 Å². The van der Waals surface area contributed by atoms with Crippen LogP contribution in [-0.4, -0.2) is 43.6 Å². The molecule has 0 aliphatic carbocycles. The minimum Gasteiger partial charge on any atom is -0.490 e. The second-order valence-corrected chi connectivity index (χ2v) is 10.4. The lowest BCUT2D eigenvalue weighted by Crippen LogP contribution is -2.49. The molecule has 1 heterocycles. The van der Waals surface area contributed by atoms with E-state index in [1.807, 2.05) is 61.5 Å². The number of piperazine rings is 1. The third-order valence-electron chi connectivity index (χ3n) is 6.46. The van der Waals surface area contributed by atoms with Crippen LogP contribution < -0.4 is 14.4 Å². The maximum Gasteiger partial charge on any atom is 0.264 e. The molecule has 7 heteroatoms. The van der Waals surface area contributed by atoms with Crippen LogP contribution in [0, 0.1) is 14.9 Å². The summed E-state index contributed by atoms with van der Waals surface area (Å²) in [5.74, 6) is 0.969. The van der Waals surface area contributed by atoms with Gasteiger partial charge >= 0.3 is 0 Å². The van der Waals surface area contributed by atoms with Crippen LogP contribution in [-0.2, 0) is 17.8 Å². The molecular formula is C32H32IN3O3. The number of amides is 1. The minimum atomic E-state index is -0.257. The topological polar surface area (TPSA) is 65.8 Å². The Labute approximate surface area is 244 Å². The molecule has 0 N–H and O–H groups in total. The van der Waals surface area contributed by atoms with Crippen LogP contribution in [0.5, 0.6) is 11.5 Å². The van der Waals surface area contributed by atoms with E-state index in [1.54, 1.807) is 17.1 Å². The summed E-state index contributed by atoms with van der Waals surface area (Å²) in [6.07, 6.45) is 4.00. The minimum absolute atomic E-state index is 0.0997. The van der Waals surface area contributed by atoms with Gasteiger partial charge in [-0.2, -0.15) is 5.26 Å². The zero-order valence-corrected chi connectivity index (χ0v) is 24.3. The maximum atomic E-state index is 13.3. The molecule has 3 aromatic rings. The van der Waals surface area contributed by atoms with E-state index in [4.69, 9.17) is 9.47 Å². The van der Waals surface area contributed by atoms with E-state index in [-0.39, 0.29) is 11.5 Å². The molecular weight excluding hydrogens is 601 g/mol. The number of nitrogens with zero attached hydrogens (tertiary/aromatic N) is 3. The van der Waals surface area contributed by atoms with Crippen LogP contribution in [0.1, 0.15) is 23.6 Å². The first-order chi connectivity index (χ1) is 19.0. The number of hydrogen-bond acceptors (Lipinski definition) is 5. The lowest BCUT2D eigenvalue weighted by molar-refractivity contribution is -0.126. The summed E-state index contributed by atoms with van der Waals surface area (Å²) in [5, 5.41) is 9.90. The van der Waals surface area contributed by atoms with E-state index in [1.165, 1.54) is 0 Å². The number of rotatable bonds is 10. The van der Waals surface area contributed by atoms with Gasteiger partial charge in [-0.3, -0.25) is 4.79 Å². The Bertz CT molecular complexity index is 1360. The van der Waals surface area contributed by atoms with Gasteiger partial charge in [0.1, 0.15) is 18.2 Å². The van der Waals surface area contributed by atoms with Crippen molar-refractivity contribution in [3.05, 3.63) is 105 Å². The first-order valence-corrected chi connectivity index (χ1v) is 14.1. The van der Waals surface area contributed by atoms with Gasteiger partial charge in [0.25, 0.3) is 5.91 Å². The first kappa shape index (κ1) is 28.2. The number of nitriles is 1. The van der Waals surface area contributed by atoms with Crippen LogP contribution in [0.4, 0.5) is 5.69 Å². The zero-order valence-electron chi connectivity index (χ0n) is 22.1. The summed E-state index contributed by atoms with van der Waals surface area (Å²) >= 11 is 2.28. The second-order valence-electron chi connectivity index (χ2n) is 9.13. The largest absolute Gasteiger partial charge is 0.490 e. The Morgan fingerprint density at radius 1 is 1.05 bits per heavy atom. The molecule has 0 saturated carbocycles. The fraction of sp³-hybridized carbons (Fsp3) is 0.250. The standard InChI is InChI=1S/C32H32IN3O3/c1-3-8-26-19-25(21-30(38-4-2)31(26)39-23-24-11-13-28(33)14-12-24)20-27(22-34)32(37)36-17-15-35(16-18-36)29-9-6-5-7-10-29/h3,5-7,9-14,19-21H,1,4,8,15-18,23H2,2H3/b27-20-. The first-order valence-electron chi connectivity index (χ1n) is 13.0. The van der Waals surface area contributed by atoms with Gasteiger partial charge in [-0.25, -0.2) is 0 Å². The molecule has 1 aliphatic rings. The fourth-order valence-corrected chi connectivity index (χ4v) is 4.88. The molecule has 0 spiro atoms. The van der Waals surface area contributed by atoms with E-state index in [0.29, 0.717) is 49.8 Å². The highest BCUT2D eigenvalue weighted by Gasteiger charge is 2.24. The third-order valence-corrected chi connectivity index (χ3v) is 7.18. The van der Waals surface area contributed by atoms with Gasteiger partial charge in [-0.05, 0) is 89.5 Å². The predicted octanol–water partition coefficient (Wildman–Crippen LogP) is 6.25. The van der Waals surface area contributed by atoms with Crippen molar-refractivity contribution in [3.63, 3.8) is 0 Å². The Morgan fingerprint density at radius 2 is 1.77 bits per heavy atom. The highest BCUT2D eigenvalue weighted by atomic mass is 127. The quantitative estimate of drug-likeness (QED) is 0.114. The van der Waals surface area contributed by atoms with E-state index in [0.717, 1.165) is 33.5 Å². The van der Waals surface area contributed by atoms with E-state index in [2.05, 4.69) is 52.3 Å². The number of ether oxygens (including phenoxy) is 2. The third kappa shape index (κ3) is 7.42. The number of halogens is 1. The van der Waals surface area contributed by atoms with Gasteiger partial charge in [0.05, 0.1) is 6.61 Å². The number of hydrogen-bond donors (Lipinski definition) is 0. The van der Waals surface area contributed by atoms with E-state index < -0.39 is 0 Å². The number of carbonyl (C=O) groups excluding carboxylic acids is 1. The smallest absolute Gasteiger partial charge is 0.264 e.